The molecule has 30 heavy (non-hydrogen) atoms. The molecule has 1 saturated carbocycles. The summed E-state index contributed by atoms with van der Waals surface area (Å²) >= 11 is 0. The molecule has 1 rings (SSSR count). The molecule has 0 aromatic rings. The first-order chi connectivity index (χ1) is 14.9. The van der Waals surface area contributed by atoms with E-state index in [1.54, 1.807) is 0 Å². The van der Waals surface area contributed by atoms with Gasteiger partial charge in [0.15, 0.2) is 0 Å². The molecule has 0 aliphatic heterocycles. The molecular weight excluding hydrogens is 368 g/mol. The van der Waals surface area contributed by atoms with E-state index in [1.807, 2.05) is 12.2 Å². The fourth-order valence-electron chi connectivity index (χ4n) is 4.41. The van der Waals surface area contributed by atoms with Gasteiger partial charge in [-0.3, -0.25) is 0 Å². The van der Waals surface area contributed by atoms with Crippen LogP contribution in [0.4, 0.5) is 0 Å². The molecule has 0 aromatic carbocycles. The zero-order valence-corrected chi connectivity index (χ0v) is 20.1. The van der Waals surface area contributed by atoms with E-state index in [0.717, 1.165) is 13.2 Å². The van der Waals surface area contributed by atoms with Gasteiger partial charge in [0.25, 0.3) is 0 Å². The number of unbranched alkanes of at least 4 members (excludes halogenated alkanes) is 14. The second-order valence-electron chi connectivity index (χ2n) is 9.24. The van der Waals surface area contributed by atoms with Crippen LogP contribution in [-0.2, 0) is 9.47 Å². The molecule has 0 saturated heterocycles. The largest absolute Gasteiger partial charge is 0.378 e. The van der Waals surface area contributed by atoms with Gasteiger partial charge in [-0.15, -0.1) is 13.2 Å². The summed E-state index contributed by atoms with van der Waals surface area (Å²) in [6, 6.07) is 0. The lowest BCUT2D eigenvalue weighted by atomic mass is 9.95. The summed E-state index contributed by atoms with van der Waals surface area (Å²) in [6.07, 6.45) is 30.9. The van der Waals surface area contributed by atoms with Crippen LogP contribution in [0.5, 0.6) is 0 Å². The van der Waals surface area contributed by atoms with Gasteiger partial charge < -0.3 is 9.47 Å². The van der Waals surface area contributed by atoms with Crippen molar-refractivity contribution in [3.05, 3.63) is 25.3 Å². The van der Waals surface area contributed by atoms with Crippen LogP contribution in [0, 0.1) is 0 Å². The van der Waals surface area contributed by atoms with Gasteiger partial charge in [-0.05, 0) is 64.2 Å². The molecule has 176 valence electrons. The van der Waals surface area contributed by atoms with E-state index in [9.17, 15) is 0 Å². The van der Waals surface area contributed by atoms with Crippen LogP contribution >= 0.6 is 0 Å². The van der Waals surface area contributed by atoms with Crippen molar-refractivity contribution in [2.75, 3.05) is 13.2 Å². The minimum Gasteiger partial charge on any atom is -0.378 e. The minimum atomic E-state index is 0.491. The first-order valence-corrected chi connectivity index (χ1v) is 13.3. The van der Waals surface area contributed by atoms with Crippen molar-refractivity contribution in [2.24, 2.45) is 0 Å². The average molecular weight is 421 g/mol. The molecule has 0 radical (unpaired) electrons. The number of allylic oxidation sites excluding steroid dienone is 2. The molecule has 1 aliphatic carbocycles. The van der Waals surface area contributed by atoms with Crippen LogP contribution in [0.15, 0.2) is 25.3 Å². The van der Waals surface area contributed by atoms with Crippen LogP contribution in [0.1, 0.15) is 128 Å². The van der Waals surface area contributed by atoms with E-state index in [2.05, 4.69) is 13.2 Å². The highest BCUT2D eigenvalue weighted by atomic mass is 16.5. The SMILES string of the molecule is C=CCCCCCCCCCOC1CCC(OCCCCCCCCCC=C)CC1. The van der Waals surface area contributed by atoms with Crippen molar-refractivity contribution < 1.29 is 9.47 Å². The van der Waals surface area contributed by atoms with E-state index >= 15 is 0 Å². The minimum absolute atomic E-state index is 0.491. The average Bonchev–Trinajstić information content (AvgIpc) is 2.77. The molecule has 2 heteroatoms. The highest BCUT2D eigenvalue weighted by Crippen LogP contribution is 2.24. The zero-order chi connectivity index (χ0) is 21.5. The van der Waals surface area contributed by atoms with Crippen LogP contribution in [0.3, 0.4) is 0 Å². The molecule has 0 heterocycles. The Labute approximate surface area is 188 Å². The Balaban J connectivity index is 1.80. The van der Waals surface area contributed by atoms with Gasteiger partial charge in [0.1, 0.15) is 0 Å². The summed E-state index contributed by atoms with van der Waals surface area (Å²) in [5.41, 5.74) is 0. The van der Waals surface area contributed by atoms with Crippen molar-refractivity contribution >= 4 is 0 Å². The molecule has 1 fully saturated rings. The van der Waals surface area contributed by atoms with E-state index in [-0.39, 0.29) is 0 Å². The summed E-state index contributed by atoms with van der Waals surface area (Å²) in [5.74, 6) is 0. The van der Waals surface area contributed by atoms with Gasteiger partial charge in [-0.2, -0.15) is 0 Å². The Bertz CT molecular complexity index is 335. The van der Waals surface area contributed by atoms with Crippen LogP contribution < -0.4 is 0 Å². The summed E-state index contributed by atoms with van der Waals surface area (Å²) in [6.45, 7) is 9.48. The first-order valence-electron chi connectivity index (χ1n) is 13.3. The van der Waals surface area contributed by atoms with Crippen molar-refractivity contribution in [3.63, 3.8) is 0 Å². The van der Waals surface area contributed by atoms with Crippen molar-refractivity contribution in [2.45, 2.75) is 141 Å². The van der Waals surface area contributed by atoms with Crippen molar-refractivity contribution in [3.8, 4) is 0 Å². The highest BCUT2D eigenvalue weighted by molar-refractivity contribution is 4.73. The normalized spacial score (nSPS) is 19.1. The van der Waals surface area contributed by atoms with Gasteiger partial charge in [0.2, 0.25) is 0 Å². The van der Waals surface area contributed by atoms with Gasteiger partial charge in [0, 0.05) is 13.2 Å². The second-order valence-corrected chi connectivity index (χ2v) is 9.24. The maximum absolute atomic E-state index is 6.12. The lowest BCUT2D eigenvalue weighted by molar-refractivity contribution is -0.0327. The summed E-state index contributed by atoms with van der Waals surface area (Å²) < 4.78 is 12.2. The van der Waals surface area contributed by atoms with Crippen molar-refractivity contribution in [1.82, 2.24) is 0 Å². The fraction of sp³-hybridized carbons (Fsp3) is 0.857. The molecular formula is C28H52O2. The van der Waals surface area contributed by atoms with Crippen LogP contribution in [-0.4, -0.2) is 25.4 Å². The van der Waals surface area contributed by atoms with E-state index in [1.165, 1.54) is 128 Å². The predicted octanol–water partition coefficient (Wildman–Crippen LogP) is 8.94. The molecule has 0 spiro atoms. The molecule has 0 atom stereocenters. The van der Waals surface area contributed by atoms with E-state index in [0.29, 0.717) is 12.2 Å². The quantitative estimate of drug-likeness (QED) is 0.128. The third-order valence-corrected chi connectivity index (χ3v) is 6.43. The number of rotatable bonds is 22. The Morgan fingerprint density at radius 1 is 0.467 bits per heavy atom. The molecule has 0 N–H and O–H groups in total. The maximum atomic E-state index is 6.12. The molecule has 0 unspecified atom stereocenters. The Morgan fingerprint density at radius 2 is 0.767 bits per heavy atom. The Morgan fingerprint density at radius 3 is 1.10 bits per heavy atom. The number of ether oxygens (including phenoxy) is 2. The Kier molecular flexibility index (Phi) is 19.8. The number of hydrogen-bond donors (Lipinski definition) is 0. The van der Waals surface area contributed by atoms with E-state index < -0.39 is 0 Å². The third kappa shape index (κ3) is 17.1. The standard InChI is InChI=1S/C28H52O2/c1-3-5-7-9-11-13-15-17-19-25-29-27-21-23-28(24-22-27)30-26-20-18-16-14-12-10-8-6-4-2/h3-4,27-28H,1-2,5-26H2. The monoisotopic (exact) mass is 420 g/mol. The molecule has 0 amide bonds. The molecule has 1 aliphatic rings. The number of hydrogen-bond acceptors (Lipinski definition) is 2. The van der Waals surface area contributed by atoms with Gasteiger partial charge in [-0.1, -0.05) is 76.4 Å². The van der Waals surface area contributed by atoms with Gasteiger partial charge in [0.05, 0.1) is 12.2 Å². The highest BCUT2D eigenvalue weighted by Gasteiger charge is 2.21. The molecule has 0 bridgehead atoms. The third-order valence-electron chi connectivity index (χ3n) is 6.43. The fourth-order valence-corrected chi connectivity index (χ4v) is 4.41. The maximum Gasteiger partial charge on any atom is 0.0577 e. The zero-order valence-electron chi connectivity index (χ0n) is 20.1. The summed E-state index contributed by atoms with van der Waals surface area (Å²) in [5, 5.41) is 0. The van der Waals surface area contributed by atoms with Gasteiger partial charge >= 0.3 is 0 Å². The van der Waals surface area contributed by atoms with Crippen LogP contribution in [0.2, 0.25) is 0 Å². The van der Waals surface area contributed by atoms with Crippen LogP contribution in [0.25, 0.3) is 0 Å². The van der Waals surface area contributed by atoms with Crippen molar-refractivity contribution in [1.29, 1.82) is 0 Å². The lowest BCUT2D eigenvalue weighted by Gasteiger charge is -2.28. The topological polar surface area (TPSA) is 18.5 Å². The predicted molar refractivity (Wildman–Crippen MR) is 132 cm³/mol. The van der Waals surface area contributed by atoms with E-state index in [4.69, 9.17) is 9.47 Å². The molecule has 2 nitrogen and oxygen atoms in total. The Hall–Kier alpha value is -0.600. The molecule has 0 aromatic heterocycles. The second kappa shape index (κ2) is 21.6. The van der Waals surface area contributed by atoms with Gasteiger partial charge in [-0.25, -0.2) is 0 Å². The summed E-state index contributed by atoms with van der Waals surface area (Å²) in [4.78, 5) is 0. The smallest absolute Gasteiger partial charge is 0.0577 e. The first kappa shape index (κ1) is 27.4. The lowest BCUT2D eigenvalue weighted by Crippen LogP contribution is -2.27. The summed E-state index contributed by atoms with van der Waals surface area (Å²) in [7, 11) is 0.